The monoisotopic (exact) mass is 296 g/mol. The van der Waals surface area contributed by atoms with Gasteiger partial charge in [-0.05, 0) is 25.0 Å². The lowest BCUT2D eigenvalue weighted by atomic mass is 10.1. The molecule has 0 saturated heterocycles. The lowest BCUT2D eigenvalue weighted by Gasteiger charge is -2.29. The van der Waals surface area contributed by atoms with Crippen molar-refractivity contribution >= 4 is 17.3 Å². The van der Waals surface area contributed by atoms with Crippen LogP contribution in [0.5, 0.6) is 0 Å². The molecule has 1 unspecified atom stereocenters. The van der Waals surface area contributed by atoms with E-state index >= 15 is 0 Å². The fraction of sp³-hybridized carbons (Fsp3) is 0.647. The predicted molar refractivity (Wildman–Crippen MR) is 90.8 cm³/mol. The fourth-order valence-corrected chi connectivity index (χ4v) is 2.46. The van der Waals surface area contributed by atoms with E-state index < -0.39 is 0 Å². The van der Waals surface area contributed by atoms with Gasteiger partial charge in [-0.15, -0.1) is 0 Å². The van der Waals surface area contributed by atoms with Crippen molar-refractivity contribution in [1.29, 1.82) is 0 Å². The number of hydrogen-bond acceptors (Lipinski definition) is 2. The summed E-state index contributed by atoms with van der Waals surface area (Å²) in [5, 5.41) is 4.34. The Bertz CT molecular complexity index is 404. The van der Waals surface area contributed by atoms with Crippen molar-refractivity contribution in [3.8, 4) is 0 Å². The third-order valence-electron chi connectivity index (χ3n) is 3.73. The fourth-order valence-electron chi connectivity index (χ4n) is 2.23. The Hall–Kier alpha value is -0.730. The maximum absolute atomic E-state index is 6.42. The van der Waals surface area contributed by atoms with Crippen LogP contribution in [0.1, 0.15) is 46.6 Å². The molecule has 0 aliphatic carbocycles. The van der Waals surface area contributed by atoms with Gasteiger partial charge >= 0.3 is 0 Å². The van der Waals surface area contributed by atoms with Gasteiger partial charge < -0.3 is 10.2 Å². The molecule has 0 radical (unpaired) electrons. The third-order valence-corrected chi connectivity index (χ3v) is 4.09. The highest BCUT2D eigenvalue weighted by molar-refractivity contribution is 6.31. The Morgan fingerprint density at radius 3 is 2.45 bits per heavy atom. The van der Waals surface area contributed by atoms with Gasteiger partial charge in [0, 0.05) is 41.9 Å². The number of benzene rings is 1. The molecule has 0 fully saturated rings. The summed E-state index contributed by atoms with van der Waals surface area (Å²) in [5.74, 6) is 0.694. The second-order valence-electron chi connectivity index (χ2n) is 5.83. The molecule has 0 spiro atoms. The molecule has 0 amide bonds. The maximum Gasteiger partial charge on any atom is 0.0471 e. The molecule has 3 heteroatoms. The average molecular weight is 297 g/mol. The van der Waals surface area contributed by atoms with Crippen molar-refractivity contribution in [2.24, 2.45) is 5.92 Å². The highest BCUT2D eigenvalue weighted by atomic mass is 35.5. The Labute approximate surface area is 129 Å². The first-order valence-electron chi connectivity index (χ1n) is 7.75. The van der Waals surface area contributed by atoms with E-state index in [2.05, 4.69) is 57.0 Å². The number of rotatable bonds is 8. The summed E-state index contributed by atoms with van der Waals surface area (Å²) in [6.45, 7) is 14.0. The Morgan fingerprint density at radius 1 is 1.20 bits per heavy atom. The van der Waals surface area contributed by atoms with Crippen LogP contribution in [0.4, 0.5) is 5.69 Å². The van der Waals surface area contributed by atoms with Gasteiger partial charge in [0.05, 0.1) is 0 Å². The first-order valence-corrected chi connectivity index (χ1v) is 8.13. The Balaban J connectivity index is 2.98. The summed E-state index contributed by atoms with van der Waals surface area (Å²) in [7, 11) is 0. The predicted octanol–water partition coefficient (Wildman–Crippen LogP) is 4.71. The van der Waals surface area contributed by atoms with Crippen molar-refractivity contribution in [3.63, 3.8) is 0 Å². The molecule has 0 aliphatic rings. The van der Waals surface area contributed by atoms with Crippen LogP contribution in [0.25, 0.3) is 0 Å². The van der Waals surface area contributed by atoms with Crippen LogP contribution in [0, 0.1) is 5.92 Å². The molecular formula is C17H29ClN2. The van der Waals surface area contributed by atoms with Gasteiger partial charge in [-0.2, -0.15) is 0 Å². The van der Waals surface area contributed by atoms with Crippen LogP contribution in [-0.4, -0.2) is 19.1 Å². The molecule has 0 saturated carbocycles. The SMILES string of the molecule is CCC(C)CN(CC)c1cccc(Cl)c1CNC(C)C. The molecule has 20 heavy (non-hydrogen) atoms. The zero-order valence-electron chi connectivity index (χ0n) is 13.5. The van der Waals surface area contributed by atoms with Gasteiger partial charge in [-0.25, -0.2) is 0 Å². The van der Waals surface area contributed by atoms with Crippen LogP contribution in [0.15, 0.2) is 18.2 Å². The van der Waals surface area contributed by atoms with Gasteiger partial charge in [0.1, 0.15) is 0 Å². The van der Waals surface area contributed by atoms with E-state index in [4.69, 9.17) is 11.6 Å². The van der Waals surface area contributed by atoms with Crippen LogP contribution in [0.2, 0.25) is 5.02 Å². The molecule has 1 atom stereocenters. The minimum absolute atomic E-state index is 0.462. The standard InChI is InChI=1S/C17H29ClN2/c1-6-14(5)12-20(7-2)17-10-8-9-16(18)15(17)11-19-13(3)4/h8-10,13-14,19H,6-7,11-12H2,1-5H3. The molecule has 0 heterocycles. The zero-order chi connectivity index (χ0) is 15.1. The van der Waals surface area contributed by atoms with Crippen LogP contribution >= 0.6 is 11.6 Å². The first kappa shape index (κ1) is 17.3. The maximum atomic E-state index is 6.42. The van der Waals surface area contributed by atoms with Gasteiger partial charge in [-0.3, -0.25) is 0 Å². The zero-order valence-corrected chi connectivity index (χ0v) is 14.3. The molecule has 1 rings (SSSR count). The molecule has 0 aliphatic heterocycles. The van der Waals surface area contributed by atoms with Crippen LogP contribution in [-0.2, 0) is 6.54 Å². The van der Waals surface area contributed by atoms with E-state index in [9.17, 15) is 0 Å². The minimum atomic E-state index is 0.462. The quantitative estimate of drug-likeness (QED) is 0.747. The third kappa shape index (κ3) is 4.99. The average Bonchev–Trinajstić information content (AvgIpc) is 2.42. The second kappa shape index (κ2) is 8.53. The van der Waals surface area contributed by atoms with E-state index in [0.717, 1.165) is 24.7 Å². The smallest absolute Gasteiger partial charge is 0.0471 e. The highest BCUT2D eigenvalue weighted by Crippen LogP contribution is 2.28. The van der Waals surface area contributed by atoms with E-state index in [1.807, 2.05) is 6.07 Å². The molecule has 0 bridgehead atoms. The minimum Gasteiger partial charge on any atom is -0.371 e. The normalized spacial score (nSPS) is 12.8. The summed E-state index contributed by atoms with van der Waals surface area (Å²) < 4.78 is 0. The van der Waals surface area contributed by atoms with Gasteiger partial charge in [0.25, 0.3) is 0 Å². The molecular weight excluding hydrogens is 268 g/mol. The highest BCUT2D eigenvalue weighted by Gasteiger charge is 2.14. The molecule has 1 aromatic rings. The summed E-state index contributed by atoms with van der Waals surface area (Å²) in [5.41, 5.74) is 2.49. The van der Waals surface area contributed by atoms with E-state index in [-0.39, 0.29) is 0 Å². The van der Waals surface area contributed by atoms with E-state index in [1.54, 1.807) is 0 Å². The van der Waals surface area contributed by atoms with Crippen LogP contribution in [0.3, 0.4) is 0 Å². The Morgan fingerprint density at radius 2 is 1.90 bits per heavy atom. The topological polar surface area (TPSA) is 15.3 Å². The largest absolute Gasteiger partial charge is 0.371 e. The lowest BCUT2D eigenvalue weighted by molar-refractivity contribution is 0.544. The molecule has 0 aromatic heterocycles. The number of nitrogens with one attached hydrogen (secondary N) is 1. The molecule has 2 nitrogen and oxygen atoms in total. The van der Waals surface area contributed by atoms with Crippen LogP contribution < -0.4 is 10.2 Å². The van der Waals surface area contributed by atoms with Gasteiger partial charge in [0.15, 0.2) is 0 Å². The molecule has 114 valence electrons. The summed E-state index contributed by atoms with van der Waals surface area (Å²) in [6.07, 6.45) is 1.21. The molecule has 1 N–H and O–H groups in total. The first-order chi connectivity index (χ1) is 9.49. The summed E-state index contributed by atoms with van der Waals surface area (Å²) >= 11 is 6.42. The Kier molecular flexibility index (Phi) is 7.39. The van der Waals surface area contributed by atoms with Crippen molar-refractivity contribution < 1.29 is 0 Å². The van der Waals surface area contributed by atoms with E-state index in [1.165, 1.54) is 17.7 Å². The summed E-state index contributed by atoms with van der Waals surface area (Å²) in [4.78, 5) is 2.44. The van der Waals surface area contributed by atoms with Gasteiger partial charge in [0.2, 0.25) is 0 Å². The number of nitrogens with zero attached hydrogens (tertiary/aromatic N) is 1. The molecule has 1 aromatic carbocycles. The number of anilines is 1. The number of halogens is 1. The second-order valence-corrected chi connectivity index (χ2v) is 6.23. The summed E-state index contributed by atoms with van der Waals surface area (Å²) in [6, 6.07) is 6.69. The van der Waals surface area contributed by atoms with E-state index in [0.29, 0.717) is 12.0 Å². The van der Waals surface area contributed by atoms with Crippen molar-refractivity contribution in [1.82, 2.24) is 5.32 Å². The number of hydrogen-bond donors (Lipinski definition) is 1. The van der Waals surface area contributed by atoms with Crippen molar-refractivity contribution in [2.45, 2.75) is 53.6 Å². The van der Waals surface area contributed by atoms with Crippen molar-refractivity contribution in [2.75, 3.05) is 18.0 Å². The van der Waals surface area contributed by atoms with Crippen molar-refractivity contribution in [3.05, 3.63) is 28.8 Å². The van der Waals surface area contributed by atoms with Gasteiger partial charge in [-0.1, -0.05) is 51.8 Å². The lowest BCUT2D eigenvalue weighted by Crippen LogP contribution is -2.30.